The van der Waals surface area contributed by atoms with E-state index >= 15 is 0 Å². The van der Waals surface area contributed by atoms with E-state index in [1.165, 1.54) is 23.9 Å². The van der Waals surface area contributed by atoms with Gasteiger partial charge in [-0.05, 0) is 24.8 Å². The highest BCUT2D eigenvalue weighted by Gasteiger charge is 2.32. The van der Waals surface area contributed by atoms with E-state index in [0.717, 1.165) is 25.9 Å². The Labute approximate surface area is 129 Å². The second kappa shape index (κ2) is 6.18. The zero-order valence-electron chi connectivity index (χ0n) is 12.8. The molecule has 1 aromatic rings. The van der Waals surface area contributed by atoms with Crippen LogP contribution in [0.5, 0.6) is 0 Å². The molecule has 0 aromatic carbocycles. The van der Waals surface area contributed by atoms with Gasteiger partial charge in [0.1, 0.15) is 5.69 Å². The lowest BCUT2D eigenvalue weighted by molar-refractivity contribution is 0.0483. The zero-order chi connectivity index (χ0) is 15.7. The molecule has 1 saturated carbocycles. The van der Waals surface area contributed by atoms with Crippen LogP contribution in [0.15, 0.2) is 16.9 Å². The molecule has 1 saturated heterocycles. The van der Waals surface area contributed by atoms with Gasteiger partial charge < -0.3 is 10.0 Å². The van der Waals surface area contributed by atoms with Crippen molar-refractivity contribution in [2.75, 3.05) is 32.7 Å². The third-order valence-corrected chi connectivity index (χ3v) is 4.45. The number of aromatic nitrogens is 2. The first-order valence-corrected chi connectivity index (χ1v) is 7.78. The molecule has 2 aliphatic rings. The first kappa shape index (κ1) is 15.2. The van der Waals surface area contributed by atoms with E-state index in [2.05, 4.69) is 10.00 Å². The van der Waals surface area contributed by atoms with Crippen molar-refractivity contribution in [3.8, 4) is 0 Å². The molecule has 0 radical (unpaired) electrons. The molecule has 7 nitrogen and oxygen atoms in total. The molecule has 1 aromatic heterocycles. The molecule has 2 heterocycles. The van der Waals surface area contributed by atoms with E-state index in [1.807, 2.05) is 0 Å². The van der Waals surface area contributed by atoms with E-state index in [4.69, 9.17) is 0 Å². The van der Waals surface area contributed by atoms with E-state index in [-0.39, 0.29) is 17.6 Å². The Bertz CT molecular complexity index is 603. The number of amides is 1. The Kier molecular flexibility index (Phi) is 4.26. The molecule has 1 amide bonds. The molecular weight excluding hydrogens is 284 g/mol. The molecule has 3 rings (SSSR count). The lowest BCUT2D eigenvalue weighted by Gasteiger charge is -2.35. The number of aliphatic hydroxyl groups excluding tert-OH is 1. The molecule has 0 bridgehead atoms. The normalized spacial score (nSPS) is 20.9. The van der Waals surface area contributed by atoms with Crippen LogP contribution in [0.1, 0.15) is 23.3 Å². The number of aryl methyl sites for hydroxylation is 1. The fourth-order valence-electron chi connectivity index (χ4n) is 2.81. The van der Waals surface area contributed by atoms with Crippen molar-refractivity contribution in [1.29, 1.82) is 0 Å². The minimum atomic E-state index is -0.229. The van der Waals surface area contributed by atoms with Gasteiger partial charge in [0.15, 0.2) is 0 Å². The molecule has 2 fully saturated rings. The molecule has 120 valence electrons. The monoisotopic (exact) mass is 306 g/mol. The highest BCUT2D eigenvalue weighted by molar-refractivity contribution is 5.92. The minimum absolute atomic E-state index is 0.141. The number of nitrogens with zero attached hydrogens (tertiary/aromatic N) is 4. The molecule has 7 heteroatoms. The van der Waals surface area contributed by atoms with Gasteiger partial charge in [0.2, 0.25) is 0 Å². The second-order valence-electron chi connectivity index (χ2n) is 6.18. The quantitative estimate of drug-likeness (QED) is 0.796. The van der Waals surface area contributed by atoms with Gasteiger partial charge in [-0.2, -0.15) is 5.10 Å². The maximum Gasteiger partial charge on any atom is 0.274 e. The van der Waals surface area contributed by atoms with Gasteiger partial charge in [-0.25, -0.2) is 4.68 Å². The number of hydrogen-bond acceptors (Lipinski definition) is 5. The lowest BCUT2D eigenvalue weighted by atomic mass is 10.2. The van der Waals surface area contributed by atoms with E-state index in [9.17, 15) is 14.7 Å². The van der Waals surface area contributed by atoms with Crippen LogP contribution >= 0.6 is 0 Å². The smallest absolute Gasteiger partial charge is 0.274 e. The highest BCUT2D eigenvalue weighted by atomic mass is 16.3. The average molecular weight is 306 g/mol. The maximum atomic E-state index is 12.4. The Hall–Kier alpha value is -1.73. The molecular formula is C15H22N4O3. The Morgan fingerprint density at radius 3 is 2.59 bits per heavy atom. The lowest BCUT2D eigenvalue weighted by Crippen LogP contribution is -2.50. The molecule has 0 spiro atoms. The summed E-state index contributed by atoms with van der Waals surface area (Å²) in [4.78, 5) is 27.7. The van der Waals surface area contributed by atoms with E-state index in [1.54, 1.807) is 4.90 Å². The average Bonchev–Trinajstić information content (AvgIpc) is 3.35. The second-order valence-corrected chi connectivity index (χ2v) is 6.18. The largest absolute Gasteiger partial charge is 0.392 e. The van der Waals surface area contributed by atoms with Gasteiger partial charge in [0.05, 0.1) is 6.10 Å². The first-order valence-electron chi connectivity index (χ1n) is 7.78. The summed E-state index contributed by atoms with van der Waals surface area (Å²) in [5.74, 6) is 0.340. The van der Waals surface area contributed by atoms with Crippen LogP contribution in [-0.2, 0) is 7.05 Å². The van der Waals surface area contributed by atoms with Gasteiger partial charge in [-0.15, -0.1) is 0 Å². The number of rotatable bonds is 4. The van der Waals surface area contributed by atoms with Crippen LogP contribution in [-0.4, -0.2) is 69.4 Å². The van der Waals surface area contributed by atoms with Gasteiger partial charge >= 0.3 is 0 Å². The summed E-state index contributed by atoms with van der Waals surface area (Å²) < 4.78 is 1.18. The number of carbonyl (C=O) groups excluding carboxylic acids is 1. The van der Waals surface area contributed by atoms with Gasteiger partial charge in [-0.3, -0.25) is 14.5 Å². The van der Waals surface area contributed by atoms with Crippen molar-refractivity contribution in [2.24, 2.45) is 13.0 Å². The topological polar surface area (TPSA) is 78.7 Å². The van der Waals surface area contributed by atoms with Crippen LogP contribution in [0.2, 0.25) is 0 Å². The third-order valence-electron chi connectivity index (χ3n) is 4.45. The van der Waals surface area contributed by atoms with E-state index in [0.29, 0.717) is 31.2 Å². The SMILES string of the molecule is Cn1nc(C(=O)N2CCN(CC(O)C3CC3)CC2)ccc1=O. The Balaban J connectivity index is 1.54. The van der Waals surface area contributed by atoms with Crippen molar-refractivity contribution >= 4 is 5.91 Å². The summed E-state index contributed by atoms with van der Waals surface area (Å²) in [5, 5.41) is 14.0. The fourth-order valence-corrected chi connectivity index (χ4v) is 2.81. The summed E-state index contributed by atoms with van der Waals surface area (Å²) in [6, 6.07) is 2.84. The van der Waals surface area contributed by atoms with Crippen LogP contribution in [0.3, 0.4) is 0 Å². The number of hydrogen-bond donors (Lipinski definition) is 1. The molecule has 1 N–H and O–H groups in total. The van der Waals surface area contributed by atoms with Gasteiger partial charge in [0.25, 0.3) is 11.5 Å². The molecule has 1 aliphatic heterocycles. The van der Waals surface area contributed by atoms with Crippen molar-refractivity contribution in [3.63, 3.8) is 0 Å². The summed E-state index contributed by atoms with van der Waals surface area (Å²) in [6.07, 6.45) is 2.04. The number of aliphatic hydroxyl groups is 1. The van der Waals surface area contributed by atoms with E-state index < -0.39 is 0 Å². The van der Waals surface area contributed by atoms with Crippen molar-refractivity contribution in [2.45, 2.75) is 18.9 Å². The minimum Gasteiger partial charge on any atom is -0.392 e. The first-order chi connectivity index (χ1) is 10.5. The van der Waals surface area contributed by atoms with Crippen molar-refractivity contribution < 1.29 is 9.90 Å². The Morgan fingerprint density at radius 2 is 2.00 bits per heavy atom. The summed E-state index contributed by atoms with van der Waals surface area (Å²) in [6.45, 7) is 3.48. The standard InChI is InChI=1S/C15H22N4O3/c1-17-14(21)5-4-12(16-17)15(22)19-8-6-18(7-9-19)10-13(20)11-2-3-11/h4-5,11,13,20H,2-3,6-10H2,1H3. The van der Waals surface area contributed by atoms with Crippen LogP contribution in [0.4, 0.5) is 0 Å². The highest BCUT2D eigenvalue weighted by Crippen LogP contribution is 2.32. The summed E-state index contributed by atoms with van der Waals surface area (Å²) in [7, 11) is 1.54. The summed E-state index contributed by atoms with van der Waals surface area (Å²) >= 11 is 0. The number of piperazine rings is 1. The molecule has 1 atom stereocenters. The third kappa shape index (κ3) is 3.36. The number of carbonyl (C=O) groups is 1. The molecule has 22 heavy (non-hydrogen) atoms. The molecule has 1 aliphatic carbocycles. The maximum absolute atomic E-state index is 12.4. The van der Waals surface area contributed by atoms with Crippen LogP contribution < -0.4 is 5.56 Å². The van der Waals surface area contributed by atoms with Gasteiger partial charge in [0, 0.05) is 45.8 Å². The zero-order valence-corrected chi connectivity index (χ0v) is 12.8. The predicted octanol–water partition coefficient (Wildman–Crippen LogP) is -0.691. The molecule has 1 unspecified atom stereocenters. The number of β-amino-alcohol motifs (C(OH)–C–C–N with tert-alkyl or cyclic N) is 1. The Morgan fingerprint density at radius 1 is 1.32 bits per heavy atom. The van der Waals surface area contributed by atoms with Gasteiger partial charge in [-0.1, -0.05) is 0 Å². The van der Waals surface area contributed by atoms with Crippen LogP contribution in [0.25, 0.3) is 0 Å². The van der Waals surface area contributed by atoms with Crippen LogP contribution in [0, 0.1) is 5.92 Å². The summed E-state index contributed by atoms with van der Waals surface area (Å²) in [5.41, 5.74) is 0.0731. The fraction of sp³-hybridized carbons (Fsp3) is 0.667. The van der Waals surface area contributed by atoms with Crippen molar-refractivity contribution in [1.82, 2.24) is 19.6 Å². The predicted molar refractivity (Wildman–Crippen MR) is 80.6 cm³/mol. The van der Waals surface area contributed by atoms with Crippen molar-refractivity contribution in [3.05, 3.63) is 28.2 Å².